The standard InChI is InChI=1S/C10H13N3.C2H6/c1-4-9-5-7(2)10-11-8(3)6-13(10)12-9;1-2/h5-6H,4H2,1-3H3;1-2H3. The molecule has 2 heterocycles. The van der Waals surface area contributed by atoms with E-state index in [0.29, 0.717) is 0 Å². The predicted molar refractivity (Wildman–Crippen MR) is 63.2 cm³/mol. The molecule has 0 N–H and O–H groups in total. The fraction of sp³-hybridized carbons (Fsp3) is 0.500. The lowest BCUT2D eigenvalue weighted by molar-refractivity contribution is 0.855. The first-order valence-corrected chi connectivity index (χ1v) is 5.53. The van der Waals surface area contributed by atoms with Crippen molar-refractivity contribution >= 4 is 5.65 Å². The second-order valence-corrected chi connectivity index (χ2v) is 3.32. The van der Waals surface area contributed by atoms with E-state index in [-0.39, 0.29) is 0 Å². The normalized spacial score (nSPS) is 9.93. The highest BCUT2D eigenvalue weighted by atomic mass is 15.2. The third-order valence-corrected chi connectivity index (χ3v) is 2.14. The Balaban J connectivity index is 0.000000531. The minimum absolute atomic E-state index is 0.966. The van der Waals surface area contributed by atoms with Gasteiger partial charge < -0.3 is 0 Å². The molecular weight excluding hydrogens is 186 g/mol. The van der Waals surface area contributed by atoms with Gasteiger partial charge in [-0.1, -0.05) is 20.8 Å². The van der Waals surface area contributed by atoms with Crippen molar-refractivity contribution in [1.29, 1.82) is 0 Å². The smallest absolute Gasteiger partial charge is 0.156 e. The van der Waals surface area contributed by atoms with Crippen molar-refractivity contribution < 1.29 is 0 Å². The molecule has 0 atom stereocenters. The molecule has 0 aromatic carbocycles. The van der Waals surface area contributed by atoms with Gasteiger partial charge in [-0.15, -0.1) is 0 Å². The molecule has 0 unspecified atom stereocenters. The maximum Gasteiger partial charge on any atom is 0.156 e. The molecule has 0 saturated carbocycles. The molecule has 3 nitrogen and oxygen atoms in total. The SMILES string of the molecule is CC.CCc1cc(C)c2nc(C)cn2n1. The van der Waals surface area contributed by atoms with Crippen LogP contribution in [-0.2, 0) is 6.42 Å². The molecule has 0 saturated heterocycles. The summed E-state index contributed by atoms with van der Waals surface area (Å²) >= 11 is 0. The largest absolute Gasteiger partial charge is 0.232 e. The molecule has 0 aliphatic heterocycles. The third-order valence-electron chi connectivity index (χ3n) is 2.14. The number of aryl methyl sites for hydroxylation is 3. The molecule has 0 aliphatic rings. The van der Waals surface area contributed by atoms with E-state index in [1.807, 2.05) is 31.5 Å². The van der Waals surface area contributed by atoms with Crippen LogP contribution in [0.4, 0.5) is 0 Å². The monoisotopic (exact) mass is 205 g/mol. The topological polar surface area (TPSA) is 30.2 Å². The maximum atomic E-state index is 4.43. The van der Waals surface area contributed by atoms with Crippen LogP contribution in [0.1, 0.15) is 37.7 Å². The number of hydrogen-bond donors (Lipinski definition) is 0. The van der Waals surface area contributed by atoms with Crippen molar-refractivity contribution in [2.24, 2.45) is 0 Å². The molecule has 0 fully saturated rings. The first-order valence-electron chi connectivity index (χ1n) is 5.53. The van der Waals surface area contributed by atoms with E-state index in [4.69, 9.17) is 0 Å². The Kier molecular flexibility index (Phi) is 3.83. The molecule has 0 amide bonds. The predicted octanol–water partition coefficient (Wildman–Crippen LogP) is 2.93. The summed E-state index contributed by atoms with van der Waals surface area (Å²) < 4.78 is 1.86. The number of aromatic nitrogens is 3. The van der Waals surface area contributed by atoms with Gasteiger partial charge in [-0.2, -0.15) is 5.10 Å². The average molecular weight is 205 g/mol. The van der Waals surface area contributed by atoms with Gasteiger partial charge in [0.15, 0.2) is 5.65 Å². The summed E-state index contributed by atoms with van der Waals surface area (Å²) in [6.07, 6.45) is 2.93. The van der Waals surface area contributed by atoms with Crippen LogP contribution in [-0.4, -0.2) is 14.6 Å². The molecule has 0 spiro atoms. The van der Waals surface area contributed by atoms with Gasteiger partial charge in [0.25, 0.3) is 0 Å². The Bertz CT molecular complexity index is 443. The molecule has 15 heavy (non-hydrogen) atoms. The quantitative estimate of drug-likeness (QED) is 0.716. The van der Waals surface area contributed by atoms with Crippen LogP contribution >= 0.6 is 0 Å². The van der Waals surface area contributed by atoms with Crippen molar-refractivity contribution in [3.8, 4) is 0 Å². The van der Waals surface area contributed by atoms with Crippen LogP contribution in [0.5, 0.6) is 0 Å². The zero-order valence-electron chi connectivity index (χ0n) is 10.2. The highest BCUT2D eigenvalue weighted by Crippen LogP contribution is 2.10. The van der Waals surface area contributed by atoms with Crippen molar-refractivity contribution in [2.45, 2.75) is 41.0 Å². The Morgan fingerprint density at radius 1 is 1.27 bits per heavy atom. The van der Waals surface area contributed by atoms with Gasteiger partial charge in [-0.25, -0.2) is 9.50 Å². The summed E-state index contributed by atoms with van der Waals surface area (Å²) in [5, 5.41) is 4.43. The lowest BCUT2D eigenvalue weighted by atomic mass is 10.2. The van der Waals surface area contributed by atoms with Crippen LogP contribution in [0, 0.1) is 13.8 Å². The molecule has 0 radical (unpaired) electrons. The number of rotatable bonds is 1. The van der Waals surface area contributed by atoms with Crippen LogP contribution in [0.25, 0.3) is 5.65 Å². The Morgan fingerprint density at radius 2 is 1.93 bits per heavy atom. The van der Waals surface area contributed by atoms with Crippen molar-refractivity contribution in [3.63, 3.8) is 0 Å². The van der Waals surface area contributed by atoms with E-state index in [1.165, 1.54) is 5.56 Å². The summed E-state index contributed by atoms with van der Waals surface area (Å²) in [6, 6.07) is 2.10. The van der Waals surface area contributed by atoms with Crippen molar-refractivity contribution in [3.05, 3.63) is 29.2 Å². The Labute approximate surface area is 91.2 Å². The lowest BCUT2D eigenvalue weighted by Gasteiger charge is -2.00. The lowest BCUT2D eigenvalue weighted by Crippen LogP contribution is -1.97. The fourth-order valence-corrected chi connectivity index (χ4v) is 1.48. The number of fused-ring (bicyclic) bond motifs is 1. The van der Waals surface area contributed by atoms with Gasteiger partial charge in [0.05, 0.1) is 17.6 Å². The Morgan fingerprint density at radius 3 is 2.53 bits per heavy atom. The zero-order valence-corrected chi connectivity index (χ0v) is 10.2. The summed E-state index contributed by atoms with van der Waals surface area (Å²) in [6.45, 7) is 10.2. The molecule has 0 bridgehead atoms. The molecule has 2 aromatic heterocycles. The first kappa shape index (κ1) is 11.7. The molecular formula is C12H19N3. The van der Waals surface area contributed by atoms with Gasteiger partial charge in [0.1, 0.15) is 0 Å². The summed E-state index contributed by atoms with van der Waals surface area (Å²) in [5.74, 6) is 0. The van der Waals surface area contributed by atoms with Gasteiger partial charge in [0, 0.05) is 0 Å². The second-order valence-electron chi connectivity index (χ2n) is 3.32. The van der Waals surface area contributed by atoms with Gasteiger partial charge in [0.2, 0.25) is 0 Å². The highest BCUT2D eigenvalue weighted by Gasteiger charge is 2.03. The van der Waals surface area contributed by atoms with E-state index < -0.39 is 0 Å². The minimum atomic E-state index is 0.966. The number of imidazole rings is 1. The summed E-state index contributed by atoms with van der Waals surface area (Å²) in [7, 11) is 0. The summed E-state index contributed by atoms with van der Waals surface area (Å²) in [4.78, 5) is 4.39. The number of nitrogens with zero attached hydrogens (tertiary/aromatic N) is 3. The van der Waals surface area contributed by atoms with Crippen molar-refractivity contribution in [1.82, 2.24) is 14.6 Å². The van der Waals surface area contributed by atoms with Gasteiger partial charge in [-0.05, 0) is 31.9 Å². The molecule has 2 rings (SSSR count). The van der Waals surface area contributed by atoms with E-state index in [2.05, 4.69) is 30.0 Å². The second kappa shape index (κ2) is 4.91. The molecule has 3 heteroatoms. The van der Waals surface area contributed by atoms with Gasteiger partial charge >= 0.3 is 0 Å². The summed E-state index contributed by atoms with van der Waals surface area (Å²) in [5.41, 5.74) is 4.29. The van der Waals surface area contributed by atoms with Gasteiger partial charge in [-0.3, -0.25) is 0 Å². The average Bonchev–Trinajstić information content (AvgIpc) is 2.62. The first-order chi connectivity index (χ1) is 7.20. The minimum Gasteiger partial charge on any atom is -0.232 e. The van der Waals surface area contributed by atoms with E-state index in [1.54, 1.807) is 0 Å². The van der Waals surface area contributed by atoms with Crippen LogP contribution in [0.3, 0.4) is 0 Å². The third kappa shape index (κ3) is 2.35. The molecule has 0 aliphatic carbocycles. The molecule has 2 aromatic rings. The van der Waals surface area contributed by atoms with Crippen molar-refractivity contribution in [2.75, 3.05) is 0 Å². The van der Waals surface area contributed by atoms with Crippen LogP contribution < -0.4 is 0 Å². The van der Waals surface area contributed by atoms with E-state index in [9.17, 15) is 0 Å². The maximum absolute atomic E-state index is 4.43. The Hall–Kier alpha value is -1.38. The number of hydrogen-bond acceptors (Lipinski definition) is 2. The fourth-order valence-electron chi connectivity index (χ4n) is 1.48. The zero-order chi connectivity index (χ0) is 11.4. The molecule has 82 valence electrons. The van der Waals surface area contributed by atoms with E-state index >= 15 is 0 Å². The van der Waals surface area contributed by atoms with Crippen LogP contribution in [0.15, 0.2) is 12.3 Å². The highest BCUT2D eigenvalue weighted by molar-refractivity contribution is 5.47. The van der Waals surface area contributed by atoms with Crippen LogP contribution in [0.2, 0.25) is 0 Å². The van der Waals surface area contributed by atoms with E-state index in [0.717, 1.165) is 23.5 Å².